The molecule has 46 heavy (non-hydrogen) atoms. The van der Waals surface area contributed by atoms with Crippen molar-refractivity contribution in [1.29, 1.82) is 0 Å². The third kappa shape index (κ3) is 7.20. The standard InChI is InChI=1S/C37H47NO6S2/c1-4-25-7-11-26(12-8-25)27-19-21-37(23-39,22-20-27)44-31-17-18-32(43-36(40)29-9-5-24(2)6-10-29)34-33(31)38-35(45-34)28-13-15-30(16-14-28)46(3,41)42/h13-18,23-27,29H,4-12,19-22H2,1-3H3. The van der Waals surface area contributed by atoms with E-state index in [2.05, 4.69) is 13.8 Å². The lowest BCUT2D eigenvalue weighted by Gasteiger charge is -2.41. The molecular weight excluding hydrogens is 619 g/mol. The second-order valence-electron chi connectivity index (χ2n) is 14.2. The van der Waals surface area contributed by atoms with Crippen molar-refractivity contribution in [3.05, 3.63) is 36.4 Å². The van der Waals surface area contributed by atoms with E-state index in [4.69, 9.17) is 14.5 Å². The molecule has 3 fully saturated rings. The number of carbonyl (C=O) groups is 2. The number of fused-ring (bicyclic) bond motifs is 1. The van der Waals surface area contributed by atoms with Gasteiger partial charge in [-0.15, -0.1) is 11.3 Å². The molecule has 0 spiro atoms. The van der Waals surface area contributed by atoms with Crippen LogP contribution in [0.15, 0.2) is 41.3 Å². The Morgan fingerprint density at radius 1 is 0.913 bits per heavy atom. The monoisotopic (exact) mass is 665 g/mol. The topological polar surface area (TPSA) is 99.6 Å². The van der Waals surface area contributed by atoms with E-state index in [-0.39, 0.29) is 16.8 Å². The number of carbonyl (C=O) groups excluding carboxylic acids is 2. The minimum absolute atomic E-state index is 0.122. The van der Waals surface area contributed by atoms with Crippen LogP contribution in [0.1, 0.15) is 97.3 Å². The summed E-state index contributed by atoms with van der Waals surface area (Å²) >= 11 is 1.38. The van der Waals surface area contributed by atoms with Crippen molar-refractivity contribution in [3.8, 4) is 22.1 Å². The molecule has 248 valence electrons. The molecule has 1 aromatic heterocycles. The number of hydrogen-bond donors (Lipinski definition) is 0. The van der Waals surface area contributed by atoms with Crippen LogP contribution in [-0.4, -0.2) is 37.5 Å². The Labute approximate surface area is 277 Å². The van der Waals surface area contributed by atoms with Gasteiger partial charge in [-0.1, -0.05) is 45.2 Å². The second-order valence-corrected chi connectivity index (χ2v) is 17.3. The quantitative estimate of drug-likeness (QED) is 0.128. The maximum Gasteiger partial charge on any atom is 0.314 e. The molecule has 3 saturated carbocycles. The Morgan fingerprint density at radius 2 is 1.54 bits per heavy atom. The van der Waals surface area contributed by atoms with Crippen molar-refractivity contribution in [3.63, 3.8) is 0 Å². The van der Waals surface area contributed by atoms with E-state index in [1.807, 2.05) is 0 Å². The zero-order valence-corrected chi connectivity index (χ0v) is 29.0. The van der Waals surface area contributed by atoms with E-state index in [0.717, 1.165) is 62.2 Å². The number of benzene rings is 2. The van der Waals surface area contributed by atoms with Crippen LogP contribution in [0.25, 0.3) is 20.8 Å². The van der Waals surface area contributed by atoms with Crippen molar-refractivity contribution in [2.24, 2.45) is 29.6 Å². The van der Waals surface area contributed by atoms with Gasteiger partial charge in [0, 0.05) is 11.8 Å². The number of thiazole rings is 1. The van der Waals surface area contributed by atoms with Crippen LogP contribution in [-0.2, 0) is 19.4 Å². The maximum absolute atomic E-state index is 13.2. The van der Waals surface area contributed by atoms with Gasteiger partial charge in [0.15, 0.2) is 27.5 Å². The first-order chi connectivity index (χ1) is 22.1. The number of ether oxygens (including phenoxy) is 2. The summed E-state index contributed by atoms with van der Waals surface area (Å²) < 4.78 is 37.4. The number of esters is 1. The van der Waals surface area contributed by atoms with Crippen molar-refractivity contribution in [1.82, 2.24) is 4.98 Å². The van der Waals surface area contributed by atoms with Crippen LogP contribution in [0.2, 0.25) is 0 Å². The van der Waals surface area contributed by atoms with E-state index in [9.17, 15) is 18.0 Å². The first-order valence-electron chi connectivity index (χ1n) is 17.2. The number of aromatic nitrogens is 1. The van der Waals surface area contributed by atoms with Gasteiger partial charge in [0.25, 0.3) is 0 Å². The minimum atomic E-state index is -3.34. The van der Waals surface area contributed by atoms with E-state index in [0.29, 0.717) is 51.4 Å². The van der Waals surface area contributed by atoms with Gasteiger partial charge < -0.3 is 9.47 Å². The molecule has 0 amide bonds. The molecular formula is C37H47NO6S2. The molecule has 3 aromatic rings. The largest absolute Gasteiger partial charge is 0.477 e. The lowest BCUT2D eigenvalue weighted by molar-refractivity contribution is -0.140. The third-order valence-electron chi connectivity index (χ3n) is 11.1. The van der Waals surface area contributed by atoms with Gasteiger partial charge in [0.2, 0.25) is 0 Å². The average molecular weight is 666 g/mol. The molecule has 1 heterocycles. The number of nitrogens with zero attached hydrogens (tertiary/aromatic N) is 1. The fourth-order valence-corrected chi connectivity index (χ4v) is 9.58. The smallest absolute Gasteiger partial charge is 0.314 e. The molecule has 2 aromatic carbocycles. The summed E-state index contributed by atoms with van der Waals surface area (Å²) in [6.45, 7) is 4.52. The first kappa shape index (κ1) is 33.1. The zero-order valence-electron chi connectivity index (χ0n) is 27.3. The highest BCUT2D eigenvalue weighted by molar-refractivity contribution is 7.90. The number of aldehydes is 1. The summed E-state index contributed by atoms with van der Waals surface area (Å²) in [5.41, 5.74) is 0.388. The number of hydrogen-bond acceptors (Lipinski definition) is 8. The molecule has 0 atom stereocenters. The Kier molecular flexibility index (Phi) is 9.91. The minimum Gasteiger partial charge on any atom is -0.477 e. The summed E-state index contributed by atoms with van der Waals surface area (Å²) in [5.74, 6) is 3.49. The summed E-state index contributed by atoms with van der Waals surface area (Å²) in [6, 6.07) is 10.2. The summed E-state index contributed by atoms with van der Waals surface area (Å²) in [7, 11) is -3.34. The summed E-state index contributed by atoms with van der Waals surface area (Å²) in [6.07, 6.45) is 15.7. The average Bonchev–Trinajstić information content (AvgIpc) is 3.53. The van der Waals surface area contributed by atoms with E-state index < -0.39 is 15.4 Å². The predicted octanol–water partition coefficient (Wildman–Crippen LogP) is 8.82. The van der Waals surface area contributed by atoms with E-state index >= 15 is 0 Å². The fourth-order valence-electron chi connectivity index (χ4n) is 7.91. The fraction of sp³-hybridized carbons (Fsp3) is 0.595. The van der Waals surface area contributed by atoms with Crippen LogP contribution in [0.4, 0.5) is 0 Å². The molecule has 9 heteroatoms. The maximum atomic E-state index is 13.2. The van der Waals surface area contributed by atoms with Crippen molar-refractivity contribution >= 4 is 43.6 Å². The highest BCUT2D eigenvalue weighted by Gasteiger charge is 2.41. The molecule has 0 unspecified atom stereocenters. The molecule has 0 N–H and O–H groups in total. The predicted molar refractivity (Wildman–Crippen MR) is 182 cm³/mol. The lowest BCUT2D eigenvalue weighted by Crippen LogP contribution is -2.43. The van der Waals surface area contributed by atoms with Gasteiger partial charge >= 0.3 is 5.97 Å². The van der Waals surface area contributed by atoms with Crippen molar-refractivity contribution in [2.75, 3.05) is 6.26 Å². The molecule has 3 aliphatic carbocycles. The van der Waals surface area contributed by atoms with Crippen LogP contribution >= 0.6 is 11.3 Å². The van der Waals surface area contributed by atoms with Gasteiger partial charge in [-0.2, -0.15) is 0 Å². The van der Waals surface area contributed by atoms with Crippen LogP contribution in [0.3, 0.4) is 0 Å². The second kappa shape index (κ2) is 13.8. The summed E-state index contributed by atoms with van der Waals surface area (Å²) in [4.78, 5) is 31.1. The Morgan fingerprint density at radius 3 is 2.15 bits per heavy atom. The molecule has 6 rings (SSSR count). The van der Waals surface area contributed by atoms with Crippen LogP contribution in [0, 0.1) is 29.6 Å². The summed E-state index contributed by atoms with van der Waals surface area (Å²) in [5, 5.41) is 0.654. The van der Waals surface area contributed by atoms with Crippen LogP contribution in [0.5, 0.6) is 11.5 Å². The molecule has 3 aliphatic rings. The zero-order chi connectivity index (χ0) is 32.5. The van der Waals surface area contributed by atoms with Gasteiger partial charge in [0.05, 0.1) is 10.8 Å². The number of sulfone groups is 1. The van der Waals surface area contributed by atoms with E-state index in [1.165, 1.54) is 49.7 Å². The highest BCUT2D eigenvalue weighted by atomic mass is 32.2. The van der Waals surface area contributed by atoms with Gasteiger partial charge in [-0.25, -0.2) is 13.4 Å². The van der Waals surface area contributed by atoms with E-state index in [1.54, 1.807) is 36.4 Å². The lowest BCUT2D eigenvalue weighted by atomic mass is 9.68. The molecule has 0 radical (unpaired) electrons. The van der Waals surface area contributed by atoms with Crippen LogP contribution < -0.4 is 9.47 Å². The van der Waals surface area contributed by atoms with Crippen molar-refractivity contribution in [2.45, 2.75) is 108 Å². The normalized spacial score (nSPS) is 28.9. The molecule has 0 bridgehead atoms. The van der Waals surface area contributed by atoms with Gasteiger partial charge in [0.1, 0.15) is 21.0 Å². The first-order valence-corrected chi connectivity index (χ1v) is 19.9. The Hall–Kier alpha value is -2.78. The van der Waals surface area contributed by atoms with Crippen molar-refractivity contribution < 1.29 is 27.5 Å². The SMILES string of the molecule is CCC1CCC(C2CCC(C=O)(Oc3ccc(OC(=O)C4CCC(C)CC4)c4sc(-c5ccc(S(C)(=O)=O)cc5)nc34)CC2)CC1. The molecule has 0 aliphatic heterocycles. The molecule has 7 nitrogen and oxygen atoms in total. The van der Waals surface area contributed by atoms with Gasteiger partial charge in [-0.3, -0.25) is 9.59 Å². The number of rotatable bonds is 9. The Bertz CT molecular complexity index is 1640. The highest BCUT2D eigenvalue weighted by Crippen LogP contribution is 2.46. The van der Waals surface area contributed by atoms with Gasteiger partial charge in [-0.05, 0) is 112 Å². The molecule has 0 saturated heterocycles. The Balaban J connectivity index is 1.27. The third-order valence-corrected chi connectivity index (χ3v) is 13.3.